The molecule has 3 aliphatic heterocycles. The number of benzene rings is 1. The average molecular weight is 983 g/mol. The summed E-state index contributed by atoms with van der Waals surface area (Å²) in [6, 6.07) is 2.31. The van der Waals surface area contributed by atoms with Crippen molar-refractivity contribution in [3.05, 3.63) is 23.3 Å². The van der Waals surface area contributed by atoms with Gasteiger partial charge in [-0.15, -0.1) is 0 Å². The molecule has 4 rings (SSSR count). The minimum atomic E-state index is -3.28. The summed E-state index contributed by atoms with van der Waals surface area (Å²) in [6.45, 7) is 9.04. The van der Waals surface area contributed by atoms with Crippen molar-refractivity contribution in [2.45, 2.75) is 99.8 Å². The van der Waals surface area contributed by atoms with Crippen molar-refractivity contribution in [3.63, 3.8) is 0 Å². The van der Waals surface area contributed by atoms with Crippen LogP contribution in [0.5, 0.6) is 11.5 Å². The maximum absolute atomic E-state index is 13.0. The first-order chi connectivity index (χ1) is 25.0. The first kappa shape index (κ1) is 47.3. The number of hydrogen-bond acceptors (Lipinski definition) is 15. The van der Waals surface area contributed by atoms with Gasteiger partial charge in [0.05, 0.1) is 18.8 Å². The molecule has 0 saturated carbocycles. The van der Waals surface area contributed by atoms with Crippen molar-refractivity contribution in [1.29, 1.82) is 0 Å². The van der Waals surface area contributed by atoms with Gasteiger partial charge in [-0.2, -0.15) is 4.89 Å². The quantitative estimate of drug-likeness (QED) is 0.0521. The lowest BCUT2D eigenvalue weighted by atomic mass is 9.87. The highest BCUT2D eigenvalue weighted by Crippen LogP contribution is 2.58. The molecule has 312 valence electrons. The Hall–Kier alpha value is -0.383. The van der Waals surface area contributed by atoms with E-state index in [-0.39, 0.29) is 30.1 Å². The highest BCUT2D eigenvalue weighted by Gasteiger charge is 2.69. The molecule has 2 fully saturated rings. The molecular formula is C30H35Cl9O15Si. The van der Waals surface area contributed by atoms with Crippen molar-refractivity contribution in [1.82, 2.24) is 0 Å². The molecule has 0 unspecified atom stereocenters. The third-order valence-corrected chi connectivity index (χ3v) is 14.2. The van der Waals surface area contributed by atoms with Crippen molar-refractivity contribution >= 4 is 131 Å². The number of carbonyl (C=O) groups excluding carboxylic acids is 3. The first-order valence-corrected chi connectivity index (χ1v) is 21.1. The summed E-state index contributed by atoms with van der Waals surface area (Å²) in [5, 5.41) is 11.1. The summed E-state index contributed by atoms with van der Waals surface area (Å²) >= 11 is 51.3. The second-order valence-corrected chi connectivity index (χ2v) is 26.6. The average Bonchev–Trinajstić information content (AvgIpc) is 3.37. The Morgan fingerprint density at radius 1 is 0.800 bits per heavy atom. The van der Waals surface area contributed by atoms with E-state index in [2.05, 4.69) is 0 Å². The molecule has 0 amide bonds. The summed E-state index contributed by atoms with van der Waals surface area (Å²) in [5.41, 5.74) is -0.0125. The number of aliphatic hydroxyl groups is 1. The molecule has 1 N–H and O–H groups in total. The van der Waals surface area contributed by atoms with Gasteiger partial charge in [-0.3, -0.25) is 4.89 Å². The van der Waals surface area contributed by atoms with Crippen molar-refractivity contribution in [3.8, 4) is 11.5 Å². The van der Waals surface area contributed by atoms with Gasteiger partial charge in [0.2, 0.25) is 17.2 Å². The van der Waals surface area contributed by atoms with Crippen LogP contribution in [0.15, 0.2) is 12.1 Å². The van der Waals surface area contributed by atoms with Crippen molar-refractivity contribution < 1.29 is 71.3 Å². The number of ether oxygens (including phenoxy) is 7. The number of rotatable bonds is 7. The van der Waals surface area contributed by atoms with Crippen LogP contribution in [-0.4, -0.2) is 94.4 Å². The van der Waals surface area contributed by atoms with E-state index in [1.54, 1.807) is 0 Å². The van der Waals surface area contributed by atoms with Gasteiger partial charge < -0.3 is 47.1 Å². The van der Waals surface area contributed by atoms with Gasteiger partial charge >= 0.3 is 27.0 Å². The fraction of sp³-hybridized carbons (Fsp3) is 0.700. The summed E-state index contributed by atoms with van der Waals surface area (Å²) < 4.78 is 45.4. The van der Waals surface area contributed by atoms with Gasteiger partial charge in [-0.1, -0.05) is 146 Å². The molecule has 0 bridgehead atoms. The Bertz CT molecular complexity index is 1580. The number of aliphatic hydroxyl groups excluding tert-OH is 1. The predicted molar refractivity (Wildman–Crippen MR) is 202 cm³/mol. The zero-order valence-corrected chi connectivity index (χ0v) is 37.4. The molecule has 55 heavy (non-hydrogen) atoms. The van der Waals surface area contributed by atoms with Crippen LogP contribution in [0.1, 0.15) is 52.7 Å². The summed E-state index contributed by atoms with van der Waals surface area (Å²) in [6.07, 6.45) is -10.1. The van der Waals surface area contributed by atoms with E-state index in [0.29, 0.717) is 0 Å². The van der Waals surface area contributed by atoms with Crippen molar-refractivity contribution in [2.75, 3.05) is 26.4 Å². The maximum atomic E-state index is 13.0. The zero-order valence-electron chi connectivity index (χ0n) is 29.6. The Balaban J connectivity index is 1.81. The standard InChI is InChI=1S/C30H35Cl9O15Si/c1-25(2,3)55(26(4,5)6)48-10-17-20(54-55)19(40)21(52-53-24(43)46-13-29(37,38)39)30(51-17)18-14(9-47-30)7-15(49-22(41)44-11-27(31,32)33)8-16(18)50-23(42)45-12-28(34,35)36/h7-8,17,19-21,40H,9-13H2,1-6H3/t17-,19+,20-,21-,30+/m1/s1. The van der Waals surface area contributed by atoms with Crippen LogP contribution < -0.4 is 9.47 Å². The van der Waals surface area contributed by atoms with Crippen LogP contribution >= 0.6 is 104 Å². The molecule has 15 nitrogen and oxygen atoms in total. The normalized spacial score (nSPS) is 25.4. The third kappa shape index (κ3) is 11.7. The SMILES string of the molecule is CC(C)(C)[Si]1(C(C)(C)C)OC[C@H]2O[C@]3(OCc4cc(OC(=O)OCC(Cl)(Cl)Cl)cc(OC(=O)OCC(Cl)(Cl)Cl)c43)[C@H](OOC(=O)OCC(Cl)(Cl)Cl)[C@@H](O)[C@@H]2O1. The van der Waals surface area contributed by atoms with E-state index in [1.807, 2.05) is 41.5 Å². The van der Waals surface area contributed by atoms with E-state index in [1.165, 1.54) is 6.07 Å². The highest BCUT2D eigenvalue weighted by atomic mass is 35.6. The van der Waals surface area contributed by atoms with E-state index in [9.17, 15) is 19.5 Å². The van der Waals surface area contributed by atoms with Crippen LogP contribution in [0.3, 0.4) is 0 Å². The molecule has 1 spiro atoms. The smallest absolute Gasteiger partial charge is 0.429 e. The minimum absolute atomic E-state index is 0.112. The first-order valence-electron chi connectivity index (χ1n) is 15.9. The van der Waals surface area contributed by atoms with Crippen molar-refractivity contribution in [2.24, 2.45) is 0 Å². The number of fused-ring (bicyclic) bond motifs is 3. The molecule has 0 aromatic heterocycles. The van der Waals surface area contributed by atoms with Gasteiger partial charge in [0, 0.05) is 16.1 Å². The number of alkyl halides is 9. The van der Waals surface area contributed by atoms with Crippen LogP contribution in [0.4, 0.5) is 14.4 Å². The van der Waals surface area contributed by atoms with E-state index >= 15 is 0 Å². The van der Waals surface area contributed by atoms with Gasteiger partial charge in [0.15, 0.2) is 6.10 Å². The molecule has 0 aliphatic carbocycles. The van der Waals surface area contributed by atoms with Gasteiger partial charge in [0.1, 0.15) is 49.6 Å². The number of hydrogen-bond donors (Lipinski definition) is 1. The fourth-order valence-corrected chi connectivity index (χ4v) is 11.8. The van der Waals surface area contributed by atoms with Crippen LogP contribution in [0.25, 0.3) is 0 Å². The van der Waals surface area contributed by atoms with Crippen LogP contribution in [0.2, 0.25) is 10.1 Å². The second-order valence-electron chi connectivity index (χ2n) is 14.3. The lowest BCUT2D eigenvalue weighted by Gasteiger charge is -2.58. The molecule has 0 radical (unpaired) electrons. The topological polar surface area (TPSA) is 173 Å². The third-order valence-electron chi connectivity index (χ3n) is 8.07. The van der Waals surface area contributed by atoms with Crippen LogP contribution in [0, 0.1) is 0 Å². The Kier molecular flexibility index (Phi) is 14.9. The molecule has 3 heterocycles. The van der Waals surface area contributed by atoms with E-state index < -0.39 is 104 Å². The lowest BCUT2D eigenvalue weighted by molar-refractivity contribution is -0.434. The molecule has 2 saturated heterocycles. The minimum Gasteiger partial charge on any atom is -0.429 e. The monoisotopic (exact) mass is 978 g/mol. The van der Waals surface area contributed by atoms with E-state index in [0.717, 1.165) is 6.07 Å². The molecule has 1 aromatic carbocycles. The Morgan fingerprint density at radius 3 is 1.82 bits per heavy atom. The zero-order chi connectivity index (χ0) is 41.6. The molecule has 3 aliphatic rings. The molecular weight excluding hydrogens is 947 g/mol. The Morgan fingerprint density at radius 2 is 1.31 bits per heavy atom. The second kappa shape index (κ2) is 17.3. The maximum Gasteiger partial charge on any atom is 0.540 e. The fourth-order valence-electron chi connectivity index (χ4n) is 6.36. The largest absolute Gasteiger partial charge is 0.540 e. The molecule has 1 aromatic rings. The number of halogens is 9. The van der Waals surface area contributed by atoms with Gasteiger partial charge in [0.25, 0.3) is 0 Å². The summed E-state index contributed by atoms with van der Waals surface area (Å²) in [5.74, 6) is -3.05. The lowest BCUT2D eigenvalue weighted by Crippen LogP contribution is -2.73. The predicted octanol–water partition coefficient (Wildman–Crippen LogP) is 9.18. The summed E-state index contributed by atoms with van der Waals surface area (Å²) in [7, 11) is -3.28. The Labute approximate surface area is 361 Å². The molecule has 25 heteroatoms. The van der Waals surface area contributed by atoms with Crippen LogP contribution in [-0.2, 0) is 54.7 Å². The van der Waals surface area contributed by atoms with Gasteiger partial charge in [-0.05, 0) is 11.6 Å². The highest BCUT2D eigenvalue weighted by molar-refractivity contribution is 6.73. The molecule has 5 atom stereocenters. The number of carbonyl (C=O) groups is 3. The van der Waals surface area contributed by atoms with Gasteiger partial charge in [-0.25, -0.2) is 14.4 Å². The summed E-state index contributed by atoms with van der Waals surface area (Å²) in [4.78, 5) is 48.5. The van der Waals surface area contributed by atoms with E-state index in [4.69, 9.17) is 156 Å².